The molecular formula is C8H16N2O2S2. The van der Waals surface area contributed by atoms with E-state index in [-0.39, 0.29) is 5.91 Å². The zero-order valence-corrected chi connectivity index (χ0v) is 9.85. The van der Waals surface area contributed by atoms with Gasteiger partial charge in [-0.15, -0.1) is 0 Å². The van der Waals surface area contributed by atoms with Crippen LogP contribution in [-0.2, 0) is 9.59 Å². The number of carbonyl (C=O) groups excluding carboxylic acids is 2. The third-order valence-electron chi connectivity index (χ3n) is 1.77. The molecule has 2 amide bonds. The Kier molecular flexibility index (Phi) is 6.82. The zero-order valence-electron chi connectivity index (χ0n) is 8.06. The largest absolute Gasteiger partial charge is 0.368 e. The number of thiol groups is 2. The number of nitrogens with one attached hydrogen (secondary N) is 1. The fraction of sp³-hybridized carbons (Fsp3) is 0.750. The number of hydrogen-bond donors (Lipinski definition) is 4. The molecule has 0 heterocycles. The summed E-state index contributed by atoms with van der Waals surface area (Å²) in [4.78, 5) is 22.2. The monoisotopic (exact) mass is 236 g/mol. The summed E-state index contributed by atoms with van der Waals surface area (Å²) in [5, 5.41) is 2.14. The number of hydrogen-bond acceptors (Lipinski definition) is 4. The van der Waals surface area contributed by atoms with E-state index in [4.69, 9.17) is 5.73 Å². The zero-order chi connectivity index (χ0) is 11.1. The van der Waals surface area contributed by atoms with Gasteiger partial charge < -0.3 is 11.1 Å². The highest BCUT2D eigenvalue weighted by molar-refractivity contribution is 7.81. The topological polar surface area (TPSA) is 72.2 Å². The van der Waals surface area contributed by atoms with Crippen LogP contribution >= 0.6 is 25.3 Å². The van der Waals surface area contributed by atoms with Crippen molar-refractivity contribution in [2.24, 2.45) is 5.73 Å². The minimum atomic E-state index is -0.638. The lowest BCUT2D eigenvalue weighted by molar-refractivity contribution is -0.127. The highest BCUT2D eigenvalue weighted by Gasteiger charge is 2.20. The SMILES string of the molecule is CCC(S)C(=O)NC(CCS)C(N)=O. The second kappa shape index (κ2) is 7.00. The summed E-state index contributed by atoms with van der Waals surface area (Å²) in [5.41, 5.74) is 5.10. The molecule has 0 saturated heterocycles. The maximum atomic E-state index is 11.3. The molecule has 3 N–H and O–H groups in total. The summed E-state index contributed by atoms with van der Waals surface area (Å²) >= 11 is 8.03. The molecule has 0 bridgehead atoms. The van der Waals surface area contributed by atoms with Crippen LogP contribution < -0.4 is 11.1 Å². The summed E-state index contributed by atoms with van der Waals surface area (Å²) in [6, 6.07) is -0.638. The smallest absolute Gasteiger partial charge is 0.240 e. The van der Waals surface area contributed by atoms with E-state index in [1.165, 1.54) is 0 Å². The van der Waals surface area contributed by atoms with E-state index in [1.54, 1.807) is 0 Å². The lowest BCUT2D eigenvalue weighted by Gasteiger charge is -2.16. The first-order valence-corrected chi connectivity index (χ1v) is 5.56. The third kappa shape index (κ3) is 4.76. The summed E-state index contributed by atoms with van der Waals surface area (Å²) < 4.78 is 0. The molecule has 6 heteroatoms. The van der Waals surface area contributed by atoms with Crippen molar-refractivity contribution >= 4 is 37.1 Å². The van der Waals surface area contributed by atoms with Gasteiger partial charge in [-0.25, -0.2) is 0 Å². The van der Waals surface area contributed by atoms with E-state index < -0.39 is 17.2 Å². The summed E-state index contributed by atoms with van der Waals surface area (Å²) in [6.07, 6.45) is 1.05. The first kappa shape index (κ1) is 13.6. The van der Waals surface area contributed by atoms with Crippen LogP contribution in [0.1, 0.15) is 19.8 Å². The Morgan fingerprint density at radius 3 is 2.43 bits per heavy atom. The molecule has 14 heavy (non-hydrogen) atoms. The minimum Gasteiger partial charge on any atom is -0.368 e. The lowest BCUT2D eigenvalue weighted by atomic mass is 10.2. The normalized spacial score (nSPS) is 14.5. The van der Waals surface area contributed by atoms with E-state index >= 15 is 0 Å². The lowest BCUT2D eigenvalue weighted by Crippen LogP contribution is -2.47. The van der Waals surface area contributed by atoms with Gasteiger partial charge in [-0.05, 0) is 18.6 Å². The van der Waals surface area contributed by atoms with Gasteiger partial charge in [0.05, 0.1) is 5.25 Å². The minimum absolute atomic E-state index is 0.263. The van der Waals surface area contributed by atoms with Gasteiger partial charge in [0.2, 0.25) is 11.8 Å². The Bertz CT molecular complexity index is 212. The van der Waals surface area contributed by atoms with E-state index in [0.29, 0.717) is 18.6 Å². The molecule has 0 rings (SSSR count). The Morgan fingerprint density at radius 2 is 2.07 bits per heavy atom. The molecule has 0 aromatic heterocycles. The number of carbonyl (C=O) groups is 2. The van der Waals surface area contributed by atoms with Gasteiger partial charge in [0, 0.05) is 0 Å². The number of rotatable bonds is 6. The predicted molar refractivity (Wildman–Crippen MR) is 62.7 cm³/mol. The van der Waals surface area contributed by atoms with Crippen molar-refractivity contribution in [3.63, 3.8) is 0 Å². The molecule has 4 nitrogen and oxygen atoms in total. The number of primary amides is 1. The van der Waals surface area contributed by atoms with Crippen molar-refractivity contribution in [2.45, 2.75) is 31.1 Å². The van der Waals surface area contributed by atoms with Crippen LogP contribution in [0.5, 0.6) is 0 Å². The summed E-state index contributed by atoms with van der Waals surface area (Å²) in [6.45, 7) is 1.84. The average Bonchev–Trinajstić information content (AvgIpc) is 2.15. The molecule has 0 spiro atoms. The molecule has 0 aromatic rings. The first-order chi connectivity index (χ1) is 6.52. The van der Waals surface area contributed by atoms with Crippen LogP contribution in [0.25, 0.3) is 0 Å². The summed E-state index contributed by atoms with van der Waals surface area (Å²) in [7, 11) is 0. The van der Waals surface area contributed by atoms with E-state index in [0.717, 1.165) is 0 Å². The molecule has 2 atom stereocenters. The van der Waals surface area contributed by atoms with E-state index in [1.807, 2.05) is 6.92 Å². The molecule has 0 fully saturated rings. The predicted octanol–water partition coefficient (Wildman–Crippen LogP) is -0.0152. The van der Waals surface area contributed by atoms with Crippen molar-refractivity contribution in [3.8, 4) is 0 Å². The highest BCUT2D eigenvalue weighted by atomic mass is 32.1. The molecule has 2 unspecified atom stereocenters. The van der Waals surface area contributed by atoms with E-state index in [9.17, 15) is 9.59 Å². The molecule has 0 radical (unpaired) electrons. The van der Waals surface area contributed by atoms with Crippen LogP contribution in [-0.4, -0.2) is 28.9 Å². The van der Waals surface area contributed by atoms with Crippen molar-refractivity contribution < 1.29 is 9.59 Å². The van der Waals surface area contributed by atoms with Crippen molar-refractivity contribution in [3.05, 3.63) is 0 Å². The average molecular weight is 236 g/mol. The van der Waals surface area contributed by atoms with Gasteiger partial charge in [-0.2, -0.15) is 25.3 Å². The Labute approximate surface area is 94.8 Å². The van der Waals surface area contributed by atoms with Gasteiger partial charge in [0.15, 0.2) is 0 Å². The highest BCUT2D eigenvalue weighted by Crippen LogP contribution is 2.02. The standard InChI is InChI=1S/C8H16N2O2S2/c1-2-6(14)8(12)10-5(3-4-13)7(9)11/h5-6,13-14H,2-4H2,1H3,(H2,9,11)(H,10,12). The maximum Gasteiger partial charge on any atom is 0.240 e. The fourth-order valence-electron chi connectivity index (χ4n) is 0.868. The molecule has 0 aliphatic carbocycles. The van der Waals surface area contributed by atoms with Gasteiger partial charge in [0.25, 0.3) is 0 Å². The molecule has 0 aliphatic rings. The van der Waals surface area contributed by atoms with Gasteiger partial charge in [-0.3, -0.25) is 9.59 Å². The Balaban J connectivity index is 4.15. The molecule has 0 aromatic carbocycles. The molecular weight excluding hydrogens is 220 g/mol. The van der Waals surface area contributed by atoms with Gasteiger partial charge in [-0.1, -0.05) is 6.92 Å². The second-order valence-corrected chi connectivity index (χ2v) is 3.97. The van der Waals surface area contributed by atoms with E-state index in [2.05, 4.69) is 30.6 Å². The Morgan fingerprint density at radius 1 is 1.50 bits per heavy atom. The molecule has 0 aliphatic heterocycles. The quantitative estimate of drug-likeness (QED) is 0.490. The van der Waals surface area contributed by atoms with Crippen LogP contribution in [0.4, 0.5) is 0 Å². The first-order valence-electron chi connectivity index (χ1n) is 4.41. The molecule has 82 valence electrons. The van der Waals surface area contributed by atoms with Crippen molar-refractivity contribution in [2.75, 3.05) is 5.75 Å². The number of nitrogens with two attached hydrogens (primary N) is 1. The Hall–Kier alpha value is -0.360. The fourth-order valence-corrected chi connectivity index (χ4v) is 1.20. The van der Waals surface area contributed by atoms with Gasteiger partial charge >= 0.3 is 0 Å². The van der Waals surface area contributed by atoms with Crippen molar-refractivity contribution in [1.82, 2.24) is 5.32 Å². The maximum absolute atomic E-state index is 11.3. The third-order valence-corrected chi connectivity index (χ3v) is 2.62. The molecule has 0 saturated carbocycles. The van der Waals surface area contributed by atoms with Crippen molar-refractivity contribution in [1.29, 1.82) is 0 Å². The van der Waals surface area contributed by atoms with Crippen LogP contribution in [0.2, 0.25) is 0 Å². The summed E-state index contributed by atoms with van der Waals surface area (Å²) in [5.74, 6) is -0.303. The second-order valence-electron chi connectivity index (χ2n) is 2.90. The van der Waals surface area contributed by atoms with Crippen LogP contribution in [0, 0.1) is 0 Å². The van der Waals surface area contributed by atoms with Crippen LogP contribution in [0.15, 0.2) is 0 Å². The number of amides is 2. The van der Waals surface area contributed by atoms with Crippen LogP contribution in [0.3, 0.4) is 0 Å². The van der Waals surface area contributed by atoms with Gasteiger partial charge in [0.1, 0.15) is 6.04 Å².